The molecule has 4 aromatic rings. The van der Waals surface area contributed by atoms with Crippen molar-refractivity contribution in [3.63, 3.8) is 0 Å². The van der Waals surface area contributed by atoms with Crippen LogP contribution in [0.5, 0.6) is 0 Å². The van der Waals surface area contributed by atoms with Gasteiger partial charge in [-0.05, 0) is 80.3 Å². The summed E-state index contributed by atoms with van der Waals surface area (Å²) in [6.45, 7) is 1.93. The third-order valence-corrected chi connectivity index (χ3v) is 7.29. The van der Waals surface area contributed by atoms with Crippen LogP contribution in [0.2, 0.25) is 0 Å². The molecule has 5 rings (SSSR count). The van der Waals surface area contributed by atoms with Crippen molar-refractivity contribution in [2.75, 3.05) is 5.32 Å². The molecule has 3 heterocycles. The molecule has 1 aliphatic rings. The zero-order valence-corrected chi connectivity index (χ0v) is 19.7. The lowest BCUT2D eigenvalue weighted by atomic mass is 9.95. The zero-order valence-electron chi connectivity index (χ0n) is 18.1. The number of hydrogen-bond acceptors (Lipinski definition) is 7. The van der Waals surface area contributed by atoms with Gasteiger partial charge >= 0.3 is 0 Å². The molecule has 0 saturated carbocycles. The molecule has 0 saturated heterocycles. The molecule has 0 atom stereocenters. The van der Waals surface area contributed by atoms with E-state index in [0.29, 0.717) is 21.6 Å². The lowest BCUT2D eigenvalue weighted by Gasteiger charge is -2.12. The highest BCUT2D eigenvalue weighted by Gasteiger charge is 2.25. The molecular formula is C25H22N4O2S2. The van der Waals surface area contributed by atoms with Gasteiger partial charge in [0.25, 0.3) is 5.91 Å². The summed E-state index contributed by atoms with van der Waals surface area (Å²) >= 11 is 2.97. The van der Waals surface area contributed by atoms with Crippen LogP contribution in [-0.2, 0) is 12.8 Å². The maximum absolute atomic E-state index is 13.2. The second kappa shape index (κ2) is 9.72. The van der Waals surface area contributed by atoms with E-state index in [-0.39, 0.29) is 5.91 Å². The number of anilines is 1. The van der Waals surface area contributed by atoms with Crippen LogP contribution in [-0.4, -0.2) is 22.1 Å². The largest absolute Gasteiger partial charge is 0.448 e. The first-order valence-electron chi connectivity index (χ1n) is 10.8. The monoisotopic (exact) mass is 474 g/mol. The van der Waals surface area contributed by atoms with E-state index in [9.17, 15) is 4.79 Å². The molecule has 8 heteroatoms. The number of hydrogen-bond donors (Lipinski definition) is 1. The van der Waals surface area contributed by atoms with Crippen LogP contribution in [0, 0.1) is 6.92 Å². The minimum absolute atomic E-state index is 0.111. The highest BCUT2D eigenvalue weighted by Crippen LogP contribution is 2.40. The molecule has 1 amide bonds. The summed E-state index contributed by atoms with van der Waals surface area (Å²) < 4.78 is 5.88. The number of fused-ring (bicyclic) bond motifs is 1. The number of carbonyl (C=O) groups excluding carboxylic acids is 1. The number of aryl methyl sites for hydroxylation is 2. The van der Waals surface area contributed by atoms with Gasteiger partial charge < -0.3 is 9.73 Å². The van der Waals surface area contributed by atoms with Crippen molar-refractivity contribution in [1.82, 2.24) is 9.97 Å². The molecule has 1 N–H and O–H groups in total. The smallest absolute Gasteiger partial charge is 0.259 e. The number of amides is 1. The van der Waals surface area contributed by atoms with Gasteiger partial charge in [0.05, 0.1) is 11.8 Å². The molecule has 6 nitrogen and oxygen atoms in total. The number of para-hydroxylation sites is 1. The number of aliphatic imine (C=N–C) groups is 1. The van der Waals surface area contributed by atoms with Crippen LogP contribution in [0.1, 0.15) is 45.1 Å². The number of aromatic nitrogens is 2. The van der Waals surface area contributed by atoms with Gasteiger partial charge in [-0.3, -0.25) is 4.79 Å². The lowest BCUT2D eigenvalue weighted by molar-refractivity contribution is 0.102. The average molecular weight is 475 g/mol. The van der Waals surface area contributed by atoms with Gasteiger partial charge in [0.15, 0.2) is 10.2 Å². The Morgan fingerprint density at radius 1 is 1.15 bits per heavy atom. The highest BCUT2D eigenvalue weighted by molar-refractivity contribution is 7.99. The van der Waals surface area contributed by atoms with E-state index in [1.54, 1.807) is 23.7 Å². The van der Waals surface area contributed by atoms with E-state index in [0.717, 1.165) is 47.6 Å². The van der Waals surface area contributed by atoms with Gasteiger partial charge in [0.1, 0.15) is 10.8 Å². The molecule has 0 radical (unpaired) electrons. The Morgan fingerprint density at radius 2 is 2.00 bits per heavy atom. The number of nitrogens with zero attached hydrogens (tertiary/aromatic N) is 3. The number of benzene rings is 1. The summed E-state index contributed by atoms with van der Waals surface area (Å²) in [5.74, 6) is 0.506. The lowest BCUT2D eigenvalue weighted by Crippen LogP contribution is -2.14. The molecule has 166 valence electrons. The summed E-state index contributed by atoms with van der Waals surface area (Å²) in [6.07, 6.45) is 7.57. The fraction of sp³-hybridized carbons (Fsp3) is 0.200. The van der Waals surface area contributed by atoms with Crippen LogP contribution in [0.3, 0.4) is 0 Å². The van der Waals surface area contributed by atoms with E-state index in [1.165, 1.54) is 16.6 Å². The van der Waals surface area contributed by atoms with Crippen molar-refractivity contribution in [1.29, 1.82) is 0 Å². The van der Waals surface area contributed by atoms with E-state index in [1.807, 2.05) is 55.5 Å². The van der Waals surface area contributed by atoms with Crippen LogP contribution in [0.25, 0.3) is 0 Å². The minimum atomic E-state index is -0.111. The quantitative estimate of drug-likeness (QED) is 0.256. The fourth-order valence-electron chi connectivity index (χ4n) is 3.74. The SMILES string of the molecule is Cc1ccnc(Sc2ccc(C=Nc3sc4c(c3C(=O)Nc3ccccc3)CCCC4)o2)n1. The first kappa shape index (κ1) is 21.6. The van der Waals surface area contributed by atoms with Crippen molar-refractivity contribution < 1.29 is 9.21 Å². The van der Waals surface area contributed by atoms with Gasteiger partial charge in [0, 0.05) is 22.5 Å². The minimum Gasteiger partial charge on any atom is -0.448 e. The van der Waals surface area contributed by atoms with Crippen LogP contribution >= 0.6 is 23.1 Å². The molecule has 0 bridgehead atoms. The first-order valence-corrected chi connectivity index (χ1v) is 12.4. The average Bonchev–Trinajstić information content (AvgIpc) is 3.42. The molecule has 0 unspecified atom stereocenters. The fourth-order valence-corrected chi connectivity index (χ4v) is 5.73. The topological polar surface area (TPSA) is 80.4 Å². The van der Waals surface area contributed by atoms with Crippen molar-refractivity contribution >= 4 is 45.9 Å². The number of thiophene rings is 1. The molecule has 1 aromatic carbocycles. The Balaban J connectivity index is 1.38. The number of rotatable bonds is 6. The summed E-state index contributed by atoms with van der Waals surface area (Å²) in [5, 5.41) is 5.07. The first-order chi connectivity index (χ1) is 16.2. The Morgan fingerprint density at radius 3 is 2.85 bits per heavy atom. The maximum atomic E-state index is 13.2. The highest BCUT2D eigenvalue weighted by atomic mass is 32.2. The maximum Gasteiger partial charge on any atom is 0.259 e. The van der Waals surface area contributed by atoms with Crippen molar-refractivity contribution in [3.8, 4) is 0 Å². The third-order valence-electron chi connectivity index (χ3n) is 5.29. The molecule has 0 spiro atoms. The van der Waals surface area contributed by atoms with Gasteiger partial charge in [0.2, 0.25) is 0 Å². The van der Waals surface area contributed by atoms with E-state index >= 15 is 0 Å². The molecule has 0 aliphatic heterocycles. The van der Waals surface area contributed by atoms with Crippen LogP contribution < -0.4 is 5.32 Å². The molecule has 33 heavy (non-hydrogen) atoms. The normalized spacial score (nSPS) is 13.2. The Hall–Kier alpha value is -3.23. The van der Waals surface area contributed by atoms with Crippen molar-refractivity contribution in [2.45, 2.75) is 42.9 Å². The summed E-state index contributed by atoms with van der Waals surface area (Å²) in [4.78, 5) is 27.8. The molecule has 1 aliphatic carbocycles. The second-order valence-electron chi connectivity index (χ2n) is 7.71. The summed E-state index contributed by atoms with van der Waals surface area (Å²) in [5.41, 5.74) is 3.51. The van der Waals surface area contributed by atoms with E-state index < -0.39 is 0 Å². The predicted octanol–water partition coefficient (Wildman–Crippen LogP) is 6.47. The second-order valence-corrected chi connectivity index (χ2v) is 9.76. The molecular weight excluding hydrogens is 452 g/mol. The Labute approximate surface area is 200 Å². The van der Waals surface area contributed by atoms with E-state index in [2.05, 4.69) is 20.3 Å². The molecule has 0 fully saturated rings. The Bertz CT molecular complexity index is 1310. The number of carbonyl (C=O) groups is 1. The van der Waals surface area contributed by atoms with E-state index in [4.69, 9.17) is 4.42 Å². The third kappa shape index (κ3) is 5.07. The van der Waals surface area contributed by atoms with Gasteiger partial charge in [-0.15, -0.1) is 11.3 Å². The standard InChI is InChI=1S/C25H22N4O2S2/c1-16-13-14-26-25(28-16)33-21-12-11-18(31-21)15-27-24-22(19-9-5-6-10-20(19)32-24)23(30)29-17-7-3-2-4-8-17/h2-4,7-8,11-15H,5-6,9-10H2,1H3,(H,29,30). The summed E-state index contributed by atoms with van der Waals surface area (Å²) in [7, 11) is 0. The number of furan rings is 1. The zero-order chi connectivity index (χ0) is 22.6. The predicted molar refractivity (Wildman–Crippen MR) is 132 cm³/mol. The van der Waals surface area contributed by atoms with Gasteiger partial charge in [-0.2, -0.15) is 0 Å². The van der Waals surface area contributed by atoms with Crippen molar-refractivity contribution in [3.05, 3.63) is 82.2 Å². The number of nitrogens with one attached hydrogen (secondary N) is 1. The Kier molecular flexibility index (Phi) is 6.37. The summed E-state index contributed by atoms with van der Waals surface area (Å²) in [6, 6.07) is 15.1. The van der Waals surface area contributed by atoms with Crippen LogP contribution in [0.4, 0.5) is 10.7 Å². The van der Waals surface area contributed by atoms with Gasteiger partial charge in [-0.25, -0.2) is 15.0 Å². The van der Waals surface area contributed by atoms with Gasteiger partial charge in [-0.1, -0.05) is 18.2 Å². The van der Waals surface area contributed by atoms with Crippen LogP contribution in [0.15, 0.2) is 74.4 Å². The molecule has 3 aromatic heterocycles. The van der Waals surface area contributed by atoms with Crippen molar-refractivity contribution in [2.24, 2.45) is 4.99 Å².